The van der Waals surface area contributed by atoms with Gasteiger partial charge in [-0.05, 0) is 53.1 Å². The molecule has 3 aromatic rings. The first-order valence-electron chi connectivity index (χ1n) is 8.24. The molecule has 0 saturated heterocycles. The second kappa shape index (κ2) is 8.29. The van der Waals surface area contributed by atoms with Crippen molar-refractivity contribution >= 4 is 45.8 Å². The maximum absolute atomic E-state index is 12.5. The molecule has 2 heterocycles. The molecule has 2 aromatic heterocycles. The highest BCUT2D eigenvalue weighted by Gasteiger charge is 2.13. The second-order valence-electron chi connectivity index (χ2n) is 5.82. The molecule has 134 valence electrons. The van der Waals surface area contributed by atoms with Crippen LogP contribution >= 0.6 is 22.9 Å². The molecule has 7 heteroatoms. The van der Waals surface area contributed by atoms with Crippen LogP contribution in [0.5, 0.6) is 0 Å². The molecule has 0 spiro atoms. The molecule has 5 nitrogen and oxygen atoms in total. The van der Waals surface area contributed by atoms with E-state index in [1.807, 2.05) is 23.8 Å². The fraction of sp³-hybridized carbons (Fsp3) is 0.211. The van der Waals surface area contributed by atoms with Crippen LogP contribution in [-0.4, -0.2) is 27.3 Å². The summed E-state index contributed by atoms with van der Waals surface area (Å²) in [7, 11) is 0. The van der Waals surface area contributed by atoms with E-state index in [0.29, 0.717) is 28.3 Å². The van der Waals surface area contributed by atoms with Crippen molar-refractivity contribution in [2.45, 2.75) is 19.9 Å². The number of hydrogen-bond acceptors (Lipinski definition) is 4. The Morgan fingerprint density at radius 1 is 1.38 bits per heavy atom. The Balaban J connectivity index is 1.84. The van der Waals surface area contributed by atoms with Crippen LogP contribution in [0.1, 0.15) is 24.7 Å². The zero-order chi connectivity index (χ0) is 18.5. The number of fused-ring (bicyclic) bond motifs is 1. The van der Waals surface area contributed by atoms with Gasteiger partial charge in [0.05, 0.1) is 17.4 Å². The summed E-state index contributed by atoms with van der Waals surface area (Å²) >= 11 is 7.57. The first-order chi connectivity index (χ1) is 12.6. The van der Waals surface area contributed by atoms with E-state index >= 15 is 0 Å². The lowest BCUT2D eigenvalue weighted by molar-refractivity contribution is -0.126. The van der Waals surface area contributed by atoms with Gasteiger partial charge in [0.2, 0.25) is 5.91 Å². The van der Waals surface area contributed by atoms with Crippen LogP contribution in [-0.2, 0) is 11.3 Å². The van der Waals surface area contributed by atoms with Crippen molar-refractivity contribution in [2.24, 2.45) is 0 Å². The van der Waals surface area contributed by atoms with Gasteiger partial charge in [-0.3, -0.25) is 9.59 Å². The number of nitrogens with one attached hydrogen (secondary N) is 1. The number of H-pyrrole nitrogens is 1. The molecule has 26 heavy (non-hydrogen) atoms. The summed E-state index contributed by atoms with van der Waals surface area (Å²) in [5.41, 5.74) is 1.28. The summed E-state index contributed by atoms with van der Waals surface area (Å²) in [6.07, 6.45) is 4.15. The summed E-state index contributed by atoms with van der Waals surface area (Å²) < 4.78 is 0. The van der Waals surface area contributed by atoms with E-state index in [1.165, 1.54) is 0 Å². The van der Waals surface area contributed by atoms with Gasteiger partial charge < -0.3 is 9.88 Å². The Kier molecular flexibility index (Phi) is 5.85. The average molecular weight is 388 g/mol. The topological polar surface area (TPSA) is 66.1 Å². The zero-order valence-corrected chi connectivity index (χ0v) is 15.8. The molecular weight excluding hydrogens is 370 g/mol. The highest BCUT2D eigenvalue weighted by molar-refractivity contribution is 7.08. The molecule has 1 amide bonds. The molecule has 1 aromatic carbocycles. The fourth-order valence-corrected chi connectivity index (χ4v) is 3.39. The van der Waals surface area contributed by atoms with E-state index in [9.17, 15) is 9.59 Å². The molecule has 0 aliphatic carbocycles. The number of halogens is 1. The van der Waals surface area contributed by atoms with Crippen molar-refractivity contribution in [1.82, 2.24) is 14.9 Å². The first kappa shape index (κ1) is 18.4. The Morgan fingerprint density at radius 2 is 2.23 bits per heavy atom. The van der Waals surface area contributed by atoms with Crippen LogP contribution < -0.4 is 5.56 Å². The van der Waals surface area contributed by atoms with E-state index in [4.69, 9.17) is 11.6 Å². The second-order valence-corrected chi connectivity index (χ2v) is 7.04. The van der Waals surface area contributed by atoms with Gasteiger partial charge in [-0.15, -0.1) is 0 Å². The van der Waals surface area contributed by atoms with Gasteiger partial charge >= 0.3 is 0 Å². The number of rotatable bonds is 6. The van der Waals surface area contributed by atoms with Crippen LogP contribution in [0.4, 0.5) is 0 Å². The number of amides is 1. The van der Waals surface area contributed by atoms with Crippen molar-refractivity contribution in [1.29, 1.82) is 0 Å². The molecule has 0 atom stereocenters. The number of carbonyl (C=O) groups excluding carboxylic acids is 1. The third-order valence-corrected chi connectivity index (χ3v) is 4.76. The van der Waals surface area contributed by atoms with E-state index < -0.39 is 0 Å². The number of thiophene rings is 1. The minimum atomic E-state index is -0.237. The number of aromatic amines is 1. The normalized spacial score (nSPS) is 11.3. The SMILES string of the molecule is CCCN(Cc1nc2cc(Cl)ccc2c(=O)[nH]1)C(=O)/C=C/c1ccsc1. The lowest BCUT2D eigenvalue weighted by atomic mass is 10.2. The Hall–Kier alpha value is -2.44. The maximum atomic E-state index is 12.5. The van der Waals surface area contributed by atoms with Gasteiger partial charge in [-0.2, -0.15) is 11.3 Å². The molecule has 0 bridgehead atoms. The highest BCUT2D eigenvalue weighted by Crippen LogP contribution is 2.15. The minimum Gasteiger partial charge on any atom is -0.332 e. The summed E-state index contributed by atoms with van der Waals surface area (Å²) in [6.45, 7) is 2.81. The Morgan fingerprint density at radius 3 is 2.96 bits per heavy atom. The monoisotopic (exact) mass is 387 g/mol. The number of nitrogens with zero attached hydrogens (tertiary/aromatic N) is 2. The molecule has 0 aliphatic heterocycles. The van der Waals surface area contributed by atoms with Crippen LogP contribution in [0.3, 0.4) is 0 Å². The summed E-state index contributed by atoms with van der Waals surface area (Å²) in [5.74, 6) is 0.322. The lowest BCUT2D eigenvalue weighted by Crippen LogP contribution is -2.31. The number of aromatic nitrogens is 2. The van der Waals surface area contributed by atoms with Gasteiger partial charge in [-0.25, -0.2) is 4.98 Å². The first-order valence-corrected chi connectivity index (χ1v) is 9.56. The lowest BCUT2D eigenvalue weighted by Gasteiger charge is -2.20. The van der Waals surface area contributed by atoms with Crippen molar-refractivity contribution in [3.63, 3.8) is 0 Å². The molecule has 0 aliphatic rings. The van der Waals surface area contributed by atoms with Gasteiger partial charge in [0, 0.05) is 17.6 Å². The molecule has 1 N–H and O–H groups in total. The van der Waals surface area contributed by atoms with Crippen molar-refractivity contribution < 1.29 is 4.79 Å². The molecule has 0 fully saturated rings. The molecule has 3 rings (SSSR count). The molecule has 0 saturated carbocycles. The predicted molar refractivity (Wildman–Crippen MR) is 106 cm³/mol. The van der Waals surface area contributed by atoms with E-state index in [1.54, 1.807) is 46.6 Å². The summed E-state index contributed by atoms with van der Waals surface area (Å²) in [4.78, 5) is 33.7. The van der Waals surface area contributed by atoms with Crippen molar-refractivity contribution in [3.05, 3.63) is 67.9 Å². The average Bonchev–Trinajstić information content (AvgIpc) is 3.12. The highest BCUT2D eigenvalue weighted by atomic mass is 35.5. The largest absolute Gasteiger partial charge is 0.332 e. The van der Waals surface area contributed by atoms with Crippen LogP contribution in [0.2, 0.25) is 5.02 Å². The van der Waals surface area contributed by atoms with E-state index in [0.717, 1.165) is 12.0 Å². The third-order valence-electron chi connectivity index (χ3n) is 3.83. The van der Waals surface area contributed by atoms with Crippen LogP contribution in [0.15, 0.2) is 45.9 Å². The van der Waals surface area contributed by atoms with Crippen molar-refractivity contribution in [3.8, 4) is 0 Å². The van der Waals surface area contributed by atoms with Crippen molar-refractivity contribution in [2.75, 3.05) is 6.54 Å². The van der Waals surface area contributed by atoms with Crippen LogP contribution in [0, 0.1) is 0 Å². The van der Waals surface area contributed by atoms with Crippen LogP contribution in [0.25, 0.3) is 17.0 Å². The van der Waals surface area contributed by atoms with E-state index in [2.05, 4.69) is 9.97 Å². The van der Waals surface area contributed by atoms with Gasteiger partial charge in [0.15, 0.2) is 0 Å². The predicted octanol–water partition coefficient (Wildman–Crippen LogP) is 4.09. The summed E-state index contributed by atoms with van der Waals surface area (Å²) in [5, 5.41) is 4.92. The number of carbonyl (C=O) groups is 1. The molecule has 0 radical (unpaired) electrons. The summed E-state index contributed by atoms with van der Waals surface area (Å²) in [6, 6.07) is 6.90. The smallest absolute Gasteiger partial charge is 0.258 e. The number of benzene rings is 1. The quantitative estimate of drug-likeness (QED) is 0.648. The van der Waals surface area contributed by atoms with E-state index in [-0.39, 0.29) is 18.0 Å². The van der Waals surface area contributed by atoms with Gasteiger partial charge in [0.25, 0.3) is 5.56 Å². The van der Waals surface area contributed by atoms with Gasteiger partial charge in [0.1, 0.15) is 5.82 Å². The molecular formula is C19H18ClN3O2S. The maximum Gasteiger partial charge on any atom is 0.258 e. The Bertz CT molecular complexity index is 996. The number of hydrogen-bond donors (Lipinski definition) is 1. The fourth-order valence-electron chi connectivity index (χ4n) is 2.60. The standard InChI is InChI=1S/C19H18ClN3O2S/c1-2-8-23(18(24)6-3-13-7-9-26-12-13)11-17-21-16-10-14(20)4-5-15(16)19(25)22-17/h3-7,9-10,12H,2,8,11H2,1H3,(H,21,22,25)/b6-3+. The Labute approximate surface area is 160 Å². The minimum absolute atomic E-state index is 0.119. The molecule has 0 unspecified atom stereocenters. The van der Waals surface area contributed by atoms with Gasteiger partial charge in [-0.1, -0.05) is 18.5 Å². The zero-order valence-electron chi connectivity index (χ0n) is 14.2. The third kappa shape index (κ3) is 4.39.